The fourth-order valence-electron chi connectivity index (χ4n) is 2.04. The van der Waals surface area contributed by atoms with Gasteiger partial charge in [0.25, 0.3) is 0 Å². The van der Waals surface area contributed by atoms with Gasteiger partial charge in [0.2, 0.25) is 0 Å². The molecule has 118 valence electrons. The monoisotopic (exact) mass is 300 g/mol. The van der Waals surface area contributed by atoms with E-state index in [-0.39, 0.29) is 5.97 Å². The third-order valence-corrected chi connectivity index (χ3v) is 3.43. The highest BCUT2D eigenvalue weighted by atomic mass is 32.1. The average molecular weight is 301 g/mol. The molecule has 0 atom stereocenters. The number of esters is 1. The Kier molecular flexibility index (Phi) is 16.2. The zero-order valence-electron chi connectivity index (χ0n) is 13.1. The van der Waals surface area contributed by atoms with Crippen LogP contribution in [0.15, 0.2) is 12.2 Å². The first-order valence-corrected chi connectivity index (χ1v) is 8.86. The van der Waals surface area contributed by atoms with Gasteiger partial charge >= 0.3 is 5.97 Å². The van der Waals surface area contributed by atoms with Gasteiger partial charge in [0, 0.05) is 12.2 Å². The molecule has 0 radical (unpaired) electrons. The van der Waals surface area contributed by atoms with Crippen molar-refractivity contribution in [2.24, 2.45) is 0 Å². The Morgan fingerprint density at radius 1 is 0.950 bits per heavy atom. The van der Waals surface area contributed by atoms with Gasteiger partial charge in [-0.1, -0.05) is 51.2 Å². The second kappa shape index (κ2) is 16.6. The minimum Gasteiger partial charge on any atom is -0.465 e. The van der Waals surface area contributed by atoms with E-state index in [9.17, 15) is 4.79 Å². The Hall–Kier alpha value is -0.440. The summed E-state index contributed by atoms with van der Waals surface area (Å²) in [5.41, 5.74) is 0. The Balaban J connectivity index is 3.14. The second-order valence-corrected chi connectivity index (χ2v) is 5.66. The first-order chi connectivity index (χ1) is 9.81. The Morgan fingerprint density at radius 2 is 1.55 bits per heavy atom. The number of rotatable bonds is 14. The normalized spacial score (nSPS) is 11.1. The first-order valence-electron chi connectivity index (χ1n) is 8.22. The van der Waals surface area contributed by atoms with Crippen LogP contribution in [-0.4, -0.2) is 18.3 Å². The molecule has 0 aliphatic carbocycles. The second-order valence-electron chi connectivity index (χ2n) is 5.22. The number of ether oxygens (including phenoxy) is 1. The maximum atomic E-state index is 11.2. The molecule has 0 heterocycles. The molecule has 0 aromatic carbocycles. The highest BCUT2D eigenvalue weighted by Crippen LogP contribution is 2.09. The first kappa shape index (κ1) is 19.6. The van der Waals surface area contributed by atoms with E-state index in [2.05, 4.69) is 31.7 Å². The third kappa shape index (κ3) is 15.6. The molecule has 0 aliphatic rings. The van der Waals surface area contributed by atoms with E-state index >= 15 is 0 Å². The van der Waals surface area contributed by atoms with Crippen LogP contribution >= 0.6 is 12.6 Å². The molecular formula is C17H32O2S. The molecule has 3 heteroatoms. The van der Waals surface area contributed by atoms with E-state index < -0.39 is 0 Å². The predicted octanol–water partition coefficient (Wildman–Crippen LogP) is 5.33. The number of hydrogen-bond acceptors (Lipinski definition) is 3. The third-order valence-electron chi connectivity index (χ3n) is 3.25. The summed E-state index contributed by atoms with van der Waals surface area (Å²) in [4.78, 5) is 11.2. The van der Waals surface area contributed by atoms with Crippen molar-refractivity contribution in [2.75, 3.05) is 12.4 Å². The molecule has 0 spiro atoms. The van der Waals surface area contributed by atoms with Crippen LogP contribution in [0.4, 0.5) is 0 Å². The molecule has 0 saturated heterocycles. The van der Waals surface area contributed by atoms with Crippen LogP contribution in [0, 0.1) is 0 Å². The van der Waals surface area contributed by atoms with Crippen molar-refractivity contribution in [1.29, 1.82) is 0 Å². The van der Waals surface area contributed by atoms with Crippen LogP contribution in [0.1, 0.15) is 77.6 Å². The van der Waals surface area contributed by atoms with Crippen LogP contribution in [0.5, 0.6) is 0 Å². The highest BCUT2D eigenvalue weighted by Gasteiger charge is 2.01. The van der Waals surface area contributed by atoms with Crippen molar-refractivity contribution >= 4 is 18.6 Å². The summed E-state index contributed by atoms with van der Waals surface area (Å²) in [5, 5.41) is 0. The van der Waals surface area contributed by atoms with Gasteiger partial charge in [-0.25, -0.2) is 0 Å². The van der Waals surface area contributed by atoms with Crippen molar-refractivity contribution < 1.29 is 9.53 Å². The van der Waals surface area contributed by atoms with Crippen molar-refractivity contribution in [3.8, 4) is 0 Å². The fraction of sp³-hybridized carbons (Fsp3) is 0.824. The topological polar surface area (TPSA) is 26.3 Å². The molecule has 0 aromatic heterocycles. The van der Waals surface area contributed by atoms with Crippen LogP contribution in [-0.2, 0) is 9.53 Å². The van der Waals surface area contributed by atoms with Gasteiger partial charge in [-0.05, 0) is 32.1 Å². The lowest BCUT2D eigenvalue weighted by Gasteiger charge is -2.02. The molecule has 0 saturated carbocycles. The van der Waals surface area contributed by atoms with E-state index in [0.717, 1.165) is 12.8 Å². The van der Waals surface area contributed by atoms with Crippen LogP contribution in [0.3, 0.4) is 0 Å². The lowest BCUT2D eigenvalue weighted by atomic mass is 10.1. The summed E-state index contributed by atoms with van der Waals surface area (Å²) < 4.78 is 4.97. The Bertz CT molecular complexity index is 239. The maximum absolute atomic E-state index is 11.2. The molecule has 0 bridgehead atoms. The Morgan fingerprint density at radius 3 is 2.20 bits per heavy atom. The number of unbranched alkanes of at least 4 members (excludes halogenated alkanes) is 8. The standard InChI is InChI=1S/C17H32O2S/c1-2-3-4-5-6-7-8-9-10-11-12-13-14-17(18)19-15-16-20/h6-7,20H,2-5,8-16H2,1H3/b7-6+. The lowest BCUT2D eigenvalue weighted by molar-refractivity contribution is -0.143. The fourth-order valence-corrected chi connectivity index (χ4v) is 2.13. The molecule has 2 nitrogen and oxygen atoms in total. The molecule has 0 unspecified atom stereocenters. The van der Waals surface area contributed by atoms with Crippen molar-refractivity contribution in [2.45, 2.75) is 77.6 Å². The maximum Gasteiger partial charge on any atom is 0.305 e. The zero-order valence-corrected chi connectivity index (χ0v) is 14.0. The zero-order chi connectivity index (χ0) is 14.9. The van der Waals surface area contributed by atoms with Gasteiger partial charge in [-0.2, -0.15) is 12.6 Å². The van der Waals surface area contributed by atoms with Crippen molar-refractivity contribution in [3.05, 3.63) is 12.2 Å². The van der Waals surface area contributed by atoms with Crippen LogP contribution in [0.2, 0.25) is 0 Å². The average Bonchev–Trinajstić information content (AvgIpc) is 2.46. The van der Waals surface area contributed by atoms with E-state index in [0.29, 0.717) is 18.8 Å². The number of carbonyl (C=O) groups is 1. The lowest BCUT2D eigenvalue weighted by Crippen LogP contribution is -2.06. The summed E-state index contributed by atoms with van der Waals surface area (Å²) in [6.45, 7) is 2.68. The van der Waals surface area contributed by atoms with E-state index in [1.54, 1.807) is 0 Å². The molecule has 0 fully saturated rings. The number of thiol groups is 1. The summed E-state index contributed by atoms with van der Waals surface area (Å²) in [7, 11) is 0. The van der Waals surface area contributed by atoms with Gasteiger partial charge in [-0.15, -0.1) is 0 Å². The molecule has 0 rings (SSSR count). The van der Waals surface area contributed by atoms with Crippen molar-refractivity contribution in [3.63, 3.8) is 0 Å². The minimum absolute atomic E-state index is 0.0749. The minimum atomic E-state index is -0.0749. The van der Waals surface area contributed by atoms with Gasteiger partial charge in [0.15, 0.2) is 0 Å². The smallest absolute Gasteiger partial charge is 0.305 e. The summed E-state index contributed by atoms with van der Waals surface area (Å²) in [6, 6.07) is 0. The van der Waals surface area contributed by atoms with E-state index in [1.807, 2.05) is 0 Å². The highest BCUT2D eigenvalue weighted by molar-refractivity contribution is 7.80. The molecule has 20 heavy (non-hydrogen) atoms. The number of allylic oxidation sites excluding steroid dienone is 2. The Labute approximate surface area is 130 Å². The predicted molar refractivity (Wildman–Crippen MR) is 90.4 cm³/mol. The number of hydrogen-bond donors (Lipinski definition) is 1. The quantitative estimate of drug-likeness (QED) is 0.203. The van der Waals surface area contributed by atoms with Gasteiger partial charge in [-0.3, -0.25) is 4.79 Å². The summed E-state index contributed by atoms with van der Waals surface area (Å²) in [6.07, 6.45) is 17.5. The molecule has 0 amide bonds. The van der Waals surface area contributed by atoms with Crippen molar-refractivity contribution in [1.82, 2.24) is 0 Å². The number of carbonyl (C=O) groups excluding carboxylic acids is 1. The van der Waals surface area contributed by atoms with E-state index in [4.69, 9.17) is 4.74 Å². The SMILES string of the molecule is CCCCC/C=C/CCCCCCCC(=O)OCCS. The molecule has 0 aromatic rings. The molecule has 0 aliphatic heterocycles. The molecular weight excluding hydrogens is 268 g/mol. The largest absolute Gasteiger partial charge is 0.465 e. The molecule has 0 N–H and O–H groups in total. The van der Waals surface area contributed by atoms with Gasteiger partial charge in [0.05, 0.1) is 0 Å². The van der Waals surface area contributed by atoms with Crippen LogP contribution < -0.4 is 0 Å². The van der Waals surface area contributed by atoms with E-state index in [1.165, 1.54) is 51.4 Å². The summed E-state index contributed by atoms with van der Waals surface area (Å²) in [5.74, 6) is 0.534. The van der Waals surface area contributed by atoms with Crippen LogP contribution in [0.25, 0.3) is 0 Å². The summed E-state index contributed by atoms with van der Waals surface area (Å²) >= 11 is 4.00. The van der Waals surface area contributed by atoms with Gasteiger partial charge < -0.3 is 4.74 Å². The van der Waals surface area contributed by atoms with Gasteiger partial charge in [0.1, 0.15) is 6.61 Å².